The molecular weight excluding hydrogens is 246 g/mol. The van der Waals surface area contributed by atoms with Gasteiger partial charge in [0.2, 0.25) is 0 Å². The summed E-state index contributed by atoms with van der Waals surface area (Å²) in [7, 11) is 3.31. The fraction of sp³-hybridized carbons (Fsp3) is 0.429. The second-order valence-electron chi connectivity index (χ2n) is 3.92. The smallest absolute Gasteiger partial charge is 0.161 e. The van der Waals surface area contributed by atoms with Gasteiger partial charge in [-0.3, -0.25) is 0 Å². The molecular formula is C14H21NO2S. The first-order valence-corrected chi connectivity index (χ1v) is 7.03. The van der Waals surface area contributed by atoms with Crippen LogP contribution in [0.1, 0.15) is 12.5 Å². The first-order chi connectivity index (χ1) is 8.65. The van der Waals surface area contributed by atoms with Crippen molar-refractivity contribution in [2.24, 2.45) is 0 Å². The van der Waals surface area contributed by atoms with E-state index in [1.165, 1.54) is 10.5 Å². The van der Waals surface area contributed by atoms with Crippen LogP contribution >= 0.6 is 11.8 Å². The lowest BCUT2D eigenvalue weighted by Crippen LogP contribution is -2.23. The minimum Gasteiger partial charge on any atom is -0.493 e. The van der Waals surface area contributed by atoms with E-state index in [1.807, 2.05) is 18.2 Å². The summed E-state index contributed by atoms with van der Waals surface area (Å²) in [5.41, 5.74) is 1.20. The van der Waals surface area contributed by atoms with E-state index in [0.717, 1.165) is 18.0 Å². The van der Waals surface area contributed by atoms with E-state index >= 15 is 0 Å². The van der Waals surface area contributed by atoms with Gasteiger partial charge >= 0.3 is 0 Å². The standard InChI is InChI=1S/C14H21NO2S/c1-6-10(2)15-9-11-7-12(16-3)13(17-4)8-14(11)18-5/h6-8,10,15H,1,9H2,2-5H3. The van der Waals surface area contributed by atoms with Crippen LogP contribution in [0.4, 0.5) is 0 Å². The normalized spacial score (nSPS) is 12.0. The van der Waals surface area contributed by atoms with Crippen molar-refractivity contribution in [3.05, 3.63) is 30.4 Å². The fourth-order valence-corrected chi connectivity index (χ4v) is 2.20. The van der Waals surface area contributed by atoms with Crippen molar-refractivity contribution in [1.29, 1.82) is 0 Å². The summed E-state index contributed by atoms with van der Waals surface area (Å²) in [4.78, 5) is 1.19. The van der Waals surface area contributed by atoms with Gasteiger partial charge in [-0.2, -0.15) is 0 Å². The molecule has 0 heterocycles. The Morgan fingerprint density at radius 1 is 1.33 bits per heavy atom. The van der Waals surface area contributed by atoms with E-state index in [2.05, 4.69) is 25.1 Å². The van der Waals surface area contributed by atoms with E-state index in [4.69, 9.17) is 9.47 Å². The Morgan fingerprint density at radius 3 is 2.44 bits per heavy atom. The third kappa shape index (κ3) is 3.68. The van der Waals surface area contributed by atoms with Gasteiger partial charge in [0.15, 0.2) is 11.5 Å². The molecule has 4 heteroatoms. The lowest BCUT2D eigenvalue weighted by Gasteiger charge is -2.15. The molecule has 1 aromatic rings. The first-order valence-electron chi connectivity index (χ1n) is 5.81. The third-order valence-corrected chi connectivity index (χ3v) is 3.57. The molecule has 0 amide bonds. The van der Waals surface area contributed by atoms with Crippen molar-refractivity contribution in [2.45, 2.75) is 24.4 Å². The second kappa shape index (κ2) is 7.34. The number of methoxy groups -OCH3 is 2. The number of ether oxygens (including phenoxy) is 2. The Labute approximate surface area is 114 Å². The molecule has 18 heavy (non-hydrogen) atoms. The zero-order valence-electron chi connectivity index (χ0n) is 11.4. The maximum absolute atomic E-state index is 5.33. The van der Waals surface area contributed by atoms with Gasteiger partial charge in [-0.15, -0.1) is 18.3 Å². The molecule has 1 rings (SSSR count). The van der Waals surface area contributed by atoms with Crippen LogP contribution < -0.4 is 14.8 Å². The zero-order valence-corrected chi connectivity index (χ0v) is 12.3. The predicted octanol–water partition coefficient (Wildman–Crippen LogP) is 3.09. The number of benzene rings is 1. The zero-order chi connectivity index (χ0) is 13.5. The Bertz CT molecular complexity index is 407. The fourth-order valence-electron chi connectivity index (χ4n) is 1.58. The maximum Gasteiger partial charge on any atom is 0.161 e. The predicted molar refractivity (Wildman–Crippen MR) is 77.8 cm³/mol. The van der Waals surface area contributed by atoms with Gasteiger partial charge in [-0.05, 0) is 30.9 Å². The van der Waals surface area contributed by atoms with Crippen LogP contribution in [0.2, 0.25) is 0 Å². The van der Waals surface area contributed by atoms with E-state index in [1.54, 1.807) is 26.0 Å². The Hall–Kier alpha value is -1.13. The van der Waals surface area contributed by atoms with Crippen molar-refractivity contribution in [3.8, 4) is 11.5 Å². The van der Waals surface area contributed by atoms with Gasteiger partial charge in [-0.1, -0.05) is 6.08 Å². The van der Waals surface area contributed by atoms with Crippen LogP contribution in [0.5, 0.6) is 11.5 Å². The van der Waals surface area contributed by atoms with Gasteiger partial charge in [0.25, 0.3) is 0 Å². The number of thioether (sulfide) groups is 1. The molecule has 0 fully saturated rings. The molecule has 0 aliphatic heterocycles. The summed E-state index contributed by atoms with van der Waals surface area (Å²) in [6.07, 6.45) is 3.95. The monoisotopic (exact) mass is 267 g/mol. The highest BCUT2D eigenvalue weighted by Crippen LogP contribution is 2.34. The molecule has 0 saturated carbocycles. The highest BCUT2D eigenvalue weighted by Gasteiger charge is 2.10. The average Bonchev–Trinajstić information content (AvgIpc) is 2.43. The highest BCUT2D eigenvalue weighted by molar-refractivity contribution is 7.98. The molecule has 0 aromatic heterocycles. The van der Waals surface area contributed by atoms with Crippen LogP contribution in [0.25, 0.3) is 0 Å². The Kier molecular flexibility index (Phi) is 6.09. The third-order valence-electron chi connectivity index (χ3n) is 2.75. The van der Waals surface area contributed by atoms with E-state index in [9.17, 15) is 0 Å². The summed E-state index contributed by atoms with van der Waals surface area (Å²) in [5.74, 6) is 1.53. The lowest BCUT2D eigenvalue weighted by molar-refractivity contribution is 0.353. The molecule has 0 aliphatic rings. The van der Waals surface area contributed by atoms with Crippen LogP contribution in [-0.4, -0.2) is 26.5 Å². The van der Waals surface area contributed by atoms with Crippen molar-refractivity contribution >= 4 is 11.8 Å². The summed E-state index contributed by atoms with van der Waals surface area (Å²) >= 11 is 1.70. The Balaban J connectivity index is 2.98. The van der Waals surface area contributed by atoms with Gasteiger partial charge in [0, 0.05) is 17.5 Å². The SMILES string of the molecule is C=CC(C)NCc1cc(OC)c(OC)cc1SC. The summed E-state index contributed by atoms with van der Waals surface area (Å²) < 4.78 is 10.6. The molecule has 0 bridgehead atoms. The lowest BCUT2D eigenvalue weighted by atomic mass is 10.2. The minimum absolute atomic E-state index is 0.285. The topological polar surface area (TPSA) is 30.5 Å². The molecule has 3 nitrogen and oxygen atoms in total. The van der Waals surface area contributed by atoms with E-state index in [-0.39, 0.29) is 6.04 Å². The number of nitrogens with one attached hydrogen (secondary N) is 1. The first kappa shape index (κ1) is 14.9. The van der Waals surface area contributed by atoms with Gasteiger partial charge in [0.1, 0.15) is 0 Å². The van der Waals surface area contributed by atoms with E-state index in [0.29, 0.717) is 0 Å². The molecule has 1 unspecified atom stereocenters. The van der Waals surface area contributed by atoms with E-state index < -0.39 is 0 Å². The van der Waals surface area contributed by atoms with Crippen LogP contribution in [0.3, 0.4) is 0 Å². The molecule has 1 atom stereocenters. The average molecular weight is 267 g/mol. The molecule has 1 N–H and O–H groups in total. The summed E-state index contributed by atoms with van der Waals surface area (Å²) in [6, 6.07) is 4.32. The molecule has 100 valence electrons. The van der Waals surface area contributed by atoms with Gasteiger partial charge in [0.05, 0.1) is 14.2 Å². The molecule has 0 spiro atoms. The molecule has 0 saturated heterocycles. The number of hydrogen-bond acceptors (Lipinski definition) is 4. The summed E-state index contributed by atoms with van der Waals surface area (Å²) in [5, 5.41) is 3.38. The minimum atomic E-state index is 0.285. The van der Waals surface area contributed by atoms with Gasteiger partial charge < -0.3 is 14.8 Å². The van der Waals surface area contributed by atoms with Gasteiger partial charge in [-0.25, -0.2) is 0 Å². The summed E-state index contributed by atoms with van der Waals surface area (Å²) in [6.45, 7) is 6.62. The van der Waals surface area contributed by atoms with Crippen molar-refractivity contribution < 1.29 is 9.47 Å². The Morgan fingerprint density at radius 2 is 1.94 bits per heavy atom. The van der Waals surface area contributed by atoms with Crippen LogP contribution in [-0.2, 0) is 6.54 Å². The van der Waals surface area contributed by atoms with Crippen LogP contribution in [0.15, 0.2) is 29.7 Å². The maximum atomic E-state index is 5.33. The molecule has 0 aliphatic carbocycles. The second-order valence-corrected chi connectivity index (χ2v) is 4.77. The van der Waals surface area contributed by atoms with Crippen LogP contribution in [0, 0.1) is 0 Å². The largest absolute Gasteiger partial charge is 0.493 e. The van der Waals surface area contributed by atoms with Crippen molar-refractivity contribution in [1.82, 2.24) is 5.32 Å². The highest BCUT2D eigenvalue weighted by atomic mass is 32.2. The molecule has 0 radical (unpaired) electrons. The molecule has 1 aromatic carbocycles. The van der Waals surface area contributed by atoms with Crippen molar-refractivity contribution in [2.75, 3.05) is 20.5 Å². The quantitative estimate of drug-likeness (QED) is 0.607. The number of hydrogen-bond donors (Lipinski definition) is 1. The van der Waals surface area contributed by atoms with Crippen molar-refractivity contribution in [3.63, 3.8) is 0 Å². The number of rotatable bonds is 7.